The molecule has 7 heteroatoms. The van der Waals surface area contributed by atoms with Gasteiger partial charge in [-0.05, 0) is 64.3 Å². The van der Waals surface area contributed by atoms with Crippen LogP contribution in [0.5, 0.6) is 0 Å². The van der Waals surface area contributed by atoms with Gasteiger partial charge in [0.2, 0.25) is 0 Å². The number of nitrogens with zero attached hydrogens (tertiary/aromatic N) is 3. The molecule has 26 heavy (non-hydrogen) atoms. The van der Waals surface area contributed by atoms with E-state index in [1.807, 2.05) is 20.8 Å². The van der Waals surface area contributed by atoms with Crippen LogP contribution < -0.4 is 4.90 Å². The van der Waals surface area contributed by atoms with Crippen molar-refractivity contribution in [3.8, 4) is 5.69 Å². The average Bonchev–Trinajstić information content (AvgIpc) is 3.10. The average molecular weight is 581 g/mol. The number of aryl methyl sites for hydroxylation is 4. The zero-order valence-electron chi connectivity index (χ0n) is 16.1. The third-order valence-corrected chi connectivity index (χ3v) is 4.85. The van der Waals surface area contributed by atoms with Gasteiger partial charge in [-0.15, -0.1) is 0 Å². The lowest BCUT2D eigenvalue weighted by atomic mass is 10.1. The molecule has 1 amide bonds. The molecular formula is C19H25I2N3O2. The molecular weight excluding hydrogens is 556 g/mol. The van der Waals surface area contributed by atoms with Gasteiger partial charge in [-0.3, -0.25) is 4.90 Å². The van der Waals surface area contributed by atoms with Crippen molar-refractivity contribution in [2.24, 2.45) is 0 Å². The van der Waals surface area contributed by atoms with Crippen molar-refractivity contribution < 1.29 is 9.53 Å². The molecule has 3 rings (SSSR count). The highest BCUT2D eigenvalue weighted by Crippen LogP contribution is 2.31. The fourth-order valence-electron chi connectivity index (χ4n) is 3.49. The van der Waals surface area contributed by atoms with Crippen molar-refractivity contribution in [2.45, 2.75) is 54.1 Å². The van der Waals surface area contributed by atoms with Crippen molar-refractivity contribution >= 4 is 49.0 Å². The van der Waals surface area contributed by atoms with Crippen molar-refractivity contribution in [2.75, 3.05) is 11.4 Å². The first-order valence-electron chi connectivity index (χ1n) is 8.60. The van der Waals surface area contributed by atoms with Crippen molar-refractivity contribution in [3.63, 3.8) is 0 Å². The topological polar surface area (TPSA) is 47.4 Å². The Kier molecular flexibility index (Phi) is 7.35. The molecule has 142 valence electrons. The summed E-state index contributed by atoms with van der Waals surface area (Å²) in [6.07, 6.45) is 0.572. The zero-order valence-corrected chi connectivity index (χ0v) is 20.4. The van der Waals surface area contributed by atoms with Crippen LogP contribution in [0.1, 0.15) is 41.7 Å². The number of rotatable bonds is 3. The third kappa shape index (κ3) is 4.02. The van der Waals surface area contributed by atoms with Crippen LogP contribution in [0.3, 0.4) is 0 Å². The second-order valence-corrected chi connectivity index (χ2v) is 6.62. The first-order chi connectivity index (χ1) is 12.3. The largest absolute Gasteiger partial charge is 0.444 e. The third-order valence-electron chi connectivity index (χ3n) is 4.85. The molecule has 1 aromatic heterocycles. The fourth-order valence-corrected chi connectivity index (χ4v) is 3.49. The van der Waals surface area contributed by atoms with E-state index in [2.05, 4.69) is 79.7 Å². The highest BCUT2D eigenvalue weighted by molar-refractivity contribution is 15.0. The number of carbonyl (C=O) groups is 1. The van der Waals surface area contributed by atoms with Gasteiger partial charge < -0.3 is 9.30 Å². The van der Waals surface area contributed by atoms with E-state index >= 15 is 0 Å². The lowest BCUT2D eigenvalue weighted by Gasteiger charge is -2.20. The molecule has 2 aromatic rings. The molecule has 0 radical (unpaired) electrons. The van der Waals surface area contributed by atoms with Crippen LogP contribution in [0.15, 0.2) is 12.1 Å². The Hall–Kier alpha value is -0.840. The number of hydrogen-bond donors (Lipinski definition) is 0. The zero-order chi connectivity index (χ0) is 19.6. The maximum absolute atomic E-state index is 12.1. The van der Waals surface area contributed by atoms with Crippen LogP contribution in [-0.4, -0.2) is 28.3 Å². The molecule has 0 N–H and O–H groups in total. The van der Waals surface area contributed by atoms with Crippen molar-refractivity contribution in [3.05, 3.63) is 40.5 Å². The second kappa shape index (κ2) is 8.90. The number of aromatic nitrogens is 2. The lowest BCUT2D eigenvalue weighted by Crippen LogP contribution is -2.24. The number of amides is 1. The minimum Gasteiger partial charge on any atom is -0.444 e. The van der Waals surface area contributed by atoms with E-state index in [0.717, 1.165) is 46.1 Å². The van der Waals surface area contributed by atoms with Gasteiger partial charge in [0.25, 0.3) is 0 Å². The molecule has 0 aliphatic carbocycles. The minimum absolute atomic E-state index is 0.0152. The Balaban J connectivity index is 0.00000117. The molecule has 1 aromatic carbocycles. The predicted molar refractivity (Wildman–Crippen MR) is 123 cm³/mol. The summed E-state index contributed by atoms with van der Waals surface area (Å²) >= 11 is 4.24. The molecule has 5 nitrogen and oxygen atoms in total. The number of halogens is 2. The fraction of sp³-hybridized carbons (Fsp3) is 0.474. The SMILES string of the molecule is CCC1CN(c2cc(C)c(-n3c(C)nc(C)c3C)c(C)c2)C(=O)O1.II. The van der Waals surface area contributed by atoms with E-state index in [9.17, 15) is 4.79 Å². The number of imidazole rings is 1. The van der Waals surface area contributed by atoms with Crippen LogP contribution in [0.2, 0.25) is 0 Å². The van der Waals surface area contributed by atoms with E-state index < -0.39 is 0 Å². The number of carbonyl (C=O) groups excluding carboxylic acids is 1. The van der Waals surface area contributed by atoms with Gasteiger partial charge in [-0.25, -0.2) is 9.78 Å². The van der Waals surface area contributed by atoms with Crippen LogP contribution in [-0.2, 0) is 4.74 Å². The Morgan fingerprint density at radius 1 is 1.15 bits per heavy atom. The standard InChI is InChI=1S/C19H25N3O2.I2/c1-7-17-10-21(19(23)24-17)16-8-11(2)18(12(3)9-16)22-14(5)13(4)20-15(22)6;1-2/h8-9,17H,7,10H2,1-6H3;. The Morgan fingerprint density at radius 2 is 1.73 bits per heavy atom. The maximum Gasteiger partial charge on any atom is 0.414 e. The van der Waals surface area contributed by atoms with E-state index in [4.69, 9.17) is 4.74 Å². The summed E-state index contributed by atoms with van der Waals surface area (Å²) in [6.45, 7) is 13.0. The Morgan fingerprint density at radius 3 is 2.15 bits per heavy atom. The molecule has 1 saturated heterocycles. The summed E-state index contributed by atoms with van der Waals surface area (Å²) in [6, 6.07) is 4.13. The number of hydrogen-bond acceptors (Lipinski definition) is 3. The van der Waals surface area contributed by atoms with Gasteiger partial charge in [0.1, 0.15) is 11.9 Å². The summed E-state index contributed by atoms with van der Waals surface area (Å²) in [5, 5.41) is 0. The van der Waals surface area contributed by atoms with Crippen LogP contribution >= 0.6 is 37.2 Å². The number of anilines is 1. The van der Waals surface area contributed by atoms with Crippen molar-refractivity contribution in [1.82, 2.24) is 9.55 Å². The molecule has 2 heterocycles. The minimum atomic E-state index is -0.251. The Labute approximate surface area is 178 Å². The quantitative estimate of drug-likeness (QED) is 0.423. The molecule has 0 saturated carbocycles. The molecule has 0 bridgehead atoms. The van der Waals surface area contributed by atoms with E-state index in [0.29, 0.717) is 6.54 Å². The normalized spacial score (nSPS) is 16.4. The van der Waals surface area contributed by atoms with Crippen LogP contribution in [0.4, 0.5) is 10.5 Å². The summed E-state index contributed by atoms with van der Waals surface area (Å²) in [4.78, 5) is 18.4. The van der Waals surface area contributed by atoms with Gasteiger partial charge in [-0.2, -0.15) is 0 Å². The summed E-state index contributed by atoms with van der Waals surface area (Å²) in [5.74, 6) is 0.982. The monoisotopic (exact) mass is 581 g/mol. The van der Waals surface area contributed by atoms with Crippen molar-refractivity contribution in [1.29, 1.82) is 0 Å². The smallest absolute Gasteiger partial charge is 0.414 e. The predicted octanol–water partition coefficient (Wildman–Crippen LogP) is 5.92. The molecule has 1 atom stereocenters. The van der Waals surface area contributed by atoms with E-state index in [1.54, 1.807) is 4.90 Å². The van der Waals surface area contributed by atoms with E-state index in [-0.39, 0.29) is 12.2 Å². The van der Waals surface area contributed by atoms with Crippen LogP contribution in [0.25, 0.3) is 5.69 Å². The molecule has 1 unspecified atom stereocenters. The number of ether oxygens (including phenoxy) is 1. The maximum atomic E-state index is 12.1. The summed E-state index contributed by atoms with van der Waals surface area (Å²) in [7, 11) is 0. The molecule has 1 aliphatic heterocycles. The lowest BCUT2D eigenvalue weighted by molar-refractivity contribution is 0.139. The van der Waals surface area contributed by atoms with Gasteiger partial charge in [0, 0.05) is 48.6 Å². The molecule has 1 fully saturated rings. The summed E-state index contributed by atoms with van der Waals surface area (Å²) < 4.78 is 7.58. The Bertz CT molecular complexity index is 794. The van der Waals surface area contributed by atoms with Crippen LogP contribution in [0, 0.1) is 34.6 Å². The van der Waals surface area contributed by atoms with Gasteiger partial charge in [0.15, 0.2) is 0 Å². The van der Waals surface area contributed by atoms with Gasteiger partial charge >= 0.3 is 6.09 Å². The number of cyclic esters (lactones) is 1. The second-order valence-electron chi connectivity index (χ2n) is 6.62. The molecule has 0 spiro atoms. The van der Waals surface area contributed by atoms with Gasteiger partial charge in [-0.1, -0.05) is 6.92 Å². The first-order valence-corrected chi connectivity index (χ1v) is 14.9. The number of benzene rings is 1. The van der Waals surface area contributed by atoms with Gasteiger partial charge in [0.05, 0.1) is 17.9 Å². The highest BCUT2D eigenvalue weighted by atomic mass is 128. The summed E-state index contributed by atoms with van der Waals surface area (Å²) in [5.41, 5.74) is 6.50. The first kappa shape index (κ1) is 21.5. The molecule has 1 aliphatic rings. The highest BCUT2D eigenvalue weighted by Gasteiger charge is 2.31. The van der Waals surface area contributed by atoms with E-state index in [1.165, 1.54) is 0 Å².